The van der Waals surface area contributed by atoms with Gasteiger partial charge in [0.25, 0.3) is 0 Å². The van der Waals surface area contributed by atoms with Gasteiger partial charge in [0.2, 0.25) is 0 Å². The maximum Gasteiger partial charge on any atom is 0.101 e. The van der Waals surface area contributed by atoms with E-state index in [-0.39, 0.29) is 0 Å². The molecule has 0 saturated heterocycles. The van der Waals surface area contributed by atoms with E-state index in [0.29, 0.717) is 0 Å². The van der Waals surface area contributed by atoms with Gasteiger partial charge in [-0.15, -0.1) is 11.8 Å². The molecule has 4 nitrogen and oxygen atoms in total. The van der Waals surface area contributed by atoms with Crippen molar-refractivity contribution in [3.05, 3.63) is 40.3 Å². The molecular weight excluding hydrogens is 241 g/mol. The minimum absolute atomic E-state index is 0.549. The molecule has 0 spiro atoms. The number of azide groups is 1. The van der Waals surface area contributed by atoms with Gasteiger partial charge in [-0.25, -0.2) is 0 Å². The first-order chi connectivity index (χ1) is 8.26. The predicted molar refractivity (Wildman–Crippen MR) is 66.9 cm³/mol. The van der Waals surface area contributed by atoms with Crippen LogP contribution < -0.4 is 0 Å². The summed E-state index contributed by atoms with van der Waals surface area (Å²) in [6.45, 7) is -0.743. The Hall–Kier alpha value is -1.23. The number of nitrogens with zero attached hydrogens (tertiary/aromatic N) is 3. The van der Waals surface area contributed by atoms with Crippen LogP contribution in [-0.4, -0.2) is 26.1 Å². The lowest BCUT2D eigenvalue weighted by Gasteiger charge is -2.20. The van der Waals surface area contributed by atoms with Gasteiger partial charge < -0.3 is 4.74 Å². The van der Waals surface area contributed by atoms with E-state index in [1.807, 2.05) is 30.5 Å². The van der Waals surface area contributed by atoms with Gasteiger partial charge >= 0.3 is 0 Å². The van der Waals surface area contributed by atoms with E-state index in [2.05, 4.69) is 10.0 Å². The monoisotopic (exact) mass is 255 g/mol. The largest absolute Gasteiger partial charge is 0.376 e. The van der Waals surface area contributed by atoms with E-state index in [1.54, 1.807) is 11.8 Å². The zero-order chi connectivity index (χ0) is 12.7. The first kappa shape index (κ1) is 13.8. The molecule has 2 atom stereocenters. The van der Waals surface area contributed by atoms with Crippen molar-refractivity contribution in [2.75, 3.05) is 20.0 Å². The summed E-state index contributed by atoms with van der Waals surface area (Å²) in [4.78, 5) is 3.75. The Labute approximate surface area is 104 Å². The minimum Gasteiger partial charge on any atom is -0.376 e. The summed E-state index contributed by atoms with van der Waals surface area (Å²) in [7, 11) is 1.47. The normalized spacial score (nSPS) is 13.8. The van der Waals surface area contributed by atoms with Crippen LogP contribution in [0.2, 0.25) is 0 Å². The Kier molecular flexibility index (Phi) is 5.83. The molecule has 0 amide bonds. The van der Waals surface area contributed by atoms with Gasteiger partial charge in [0, 0.05) is 16.9 Å². The van der Waals surface area contributed by atoms with Crippen molar-refractivity contribution in [1.82, 2.24) is 0 Å². The summed E-state index contributed by atoms with van der Waals surface area (Å²) in [5, 5.41) is 3.41. The number of hydrogen-bond acceptors (Lipinski definition) is 3. The van der Waals surface area contributed by atoms with Crippen molar-refractivity contribution in [2.24, 2.45) is 5.11 Å². The van der Waals surface area contributed by atoms with Crippen LogP contribution in [-0.2, 0) is 4.74 Å². The summed E-state index contributed by atoms with van der Waals surface area (Å²) in [6.07, 6.45) is 1.43. The molecule has 92 valence electrons. The lowest BCUT2D eigenvalue weighted by molar-refractivity contribution is 0.0721. The third-order valence-electron chi connectivity index (χ3n) is 2.41. The first-order valence-corrected chi connectivity index (χ1v) is 6.26. The highest BCUT2D eigenvalue weighted by molar-refractivity contribution is 7.98. The number of rotatable bonds is 6. The van der Waals surface area contributed by atoms with Gasteiger partial charge in [-0.05, 0) is 29.5 Å². The number of ether oxygens (including phenoxy) is 1. The smallest absolute Gasteiger partial charge is 0.101 e. The second-order valence-corrected chi connectivity index (χ2v) is 4.24. The zero-order valence-corrected chi connectivity index (χ0v) is 10.5. The standard InChI is InChI=1S/C11H14FN3OS/c1-16-11(10(7-12)14-15-13)8-3-5-9(17-2)6-4-8/h3-6,10-11H,7H2,1-2H3/t10-,11-/m1/s1. The van der Waals surface area contributed by atoms with Gasteiger partial charge in [0.15, 0.2) is 0 Å². The SMILES string of the molecule is CO[C@H](c1ccc(SC)cc1)[C@@H](CF)N=[N+]=[N-]. The van der Waals surface area contributed by atoms with Gasteiger partial charge in [-0.1, -0.05) is 17.2 Å². The number of halogens is 1. The van der Waals surface area contributed by atoms with Crippen molar-refractivity contribution in [3.8, 4) is 0 Å². The molecule has 1 aromatic rings. The van der Waals surface area contributed by atoms with Crippen molar-refractivity contribution < 1.29 is 9.13 Å². The van der Waals surface area contributed by atoms with Crippen molar-refractivity contribution in [3.63, 3.8) is 0 Å². The summed E-state index contributed by atoms with van der Waals surface area (Å²) in [6, 6.07) is 6.74. The Balaban J connectivity index is 2.94. The van der Waals surface area contributed by atoms with Gasteiger partial charge in [-0.3, -0.25) is 4.39 Å². The van der Waals surface area contributed by atoms with E-state index in [0.717, 1.165) is 10.5 Å². The minimum atomic E-state index is -0.829. The molecule has 0 bridgehead atoms. The molecule has 0 fully saturated rings. The number of thioether (sulfide) groups is 1. The van der Waals surface area contributed by atoms with Crippen LogP contribution in [0.15, 0.2) is 34.3 Å². The summed E-state index contributed by atoms with van der Waals surface area (Å²) >= 11 is 1.62. The third kappa shape index (κ3) is 3.63. The summed E-state index contributed by atoms with van der Waals surface area (Å²) in [5.74, 6) is 0. The highest BCUT2D eigenvalue weighted by Gasteiger charge is 2.21. The molecule has 0 aliphatic heterocycles. The molecule has 1 rings (SSSR count). The molecule has 0 radical (unpaired) electrons. The van der Waals surface area contributed by atoms with E-state index >= 15 is 0 Å². The summed E-state index contributed by atoms with van der Waals surface area (Å²) in [5.41, 5.74) is 9.18. The predicted octanol–water partition coefficient (Wildman–Crippen LogP) is 3.74. The van der Waals surface area contributed by atoms with Crippen LogP contribution in [0.5, 0.6) is 0 Å². The molecule has 0 unspecified atom stereocenters. The molecule has 0 saturated carbocycles. The Morgan fingerprint density at radius 2 is 2.12 bits per heavy atom. The fraction of sp³-hybridized carbons (Fsp3) is 0.455. The third-order valence-corrected chi connectivity index (χ3v) is 3.15. The molecule has 0 heterocycles. The lowest BCUT2D eigenvalue weighted by Crippen LogP contribution is -2.20. The topological polar surface area (TPSA) is 58.0 Å². The maximum absolute atomic E-state index is 12.8. The van der Waals surface area contributed by atoms with E-state index < -0.39 is 18.8 Å². The van der Waals surface area contributed by atoms with Crippen molar-refractivity contribution in [1.29, 1.82) is 0 Å². The number of benzene rings is 1. The quantitative estimate of drug-likeness (QED) is 0.336. The maximum atomic E-state index is 12.8. The molecule has 0 aliphatic rings. The molecule has 17 heavy (non-hydrogen) atoms. The van der Waals surface area contributed by atoms with Crippen LogP contribution in [0.25, 0.3) is 10.4 Å². The fourth-order valence-corrected chi connectivity index (χ4v) is 1.96. The van der Waals surface area contributed by atoms with E-state index in [9.17, 15) is 4.39 Å². The fourth-order valence-electron chi connectivity index (χ4n) is 1.55. The van der Waals surface area contributed by atoms with Crippen molar-refractivity contribution in [2.45, 2.75) is 17.0 Å². The van der Waals surface area contributed by atoms with Crippen molar-refractivity contribution >= 4 is 11.8 Å². The number of methoxy groups -OCH3 is 1. The van der Waals surface area contributed by atoms with Crippen LogP contribution >= 0.6 is 11.8 Å². The molecule has 6 heteroatoms. The zero-order valence-electron chi connectivity index (χ0n) is 9.71. The second-order valence-electron chi connectivity index (χ2n) is 3.36. The molecule has 0 aliphatic carbocycles. The Morgan fingerprint density at radius 1 is 1.47 bits per heavy atom. The Bertz CT molecular complexity index is 392. The Morgan fingerprint density at radius 3 is 2.53 bits per heavy atom. The molecular formula is C11H14FN3OS. The molecule has 0 aromatic heterocycles. The number of alkyl halides is 1. The van der Waals surface area contributed by atoms with Gasteiger partial charge in [0.1, 0.15) is 6.67 Å². The van der Waals surface area contributed by atoms with Crippen LogP contribution in [0, 0.1) is 0 Å². The molecule has 1 aromatic carbocycles. The van der Waals surface area contributed by atoms with Gasteiger partial charge in [-0.2, -0.15) is 0 Å². The lowest BCUT2D eigenvalue weighted by atomic mass is 10.0. The number of hydrogen-bond donors (Lipinski definition) is 0. The van der Waals surface area contributed by atoms with Crippen LogP contribution in [0.1, 0.15) is 11.7 Å². The average Bonchev–Trinajstić information content (AvgIpc) is 2.39. The van der Waals surface area contributed by atoms with Gasteiger partial charge in [0.05, 0.1) is 12.1 Å². The summed E-state index contributed by atoms with van der Waals surface area (Å²) < 4.78 is 18.0. The van der Waals surface area contributed by atoms with E-state index in [4.69, 9.17) is 10.3 Å². The highest BCUT2D eigenvalue weighted by atomic mass is 32.2. The van der Waals surface area contributed by atoms with Crippen LogP contribution in [0.4, 0.5) is 4.39 Å². The van der Waals surface area contributed by atoms with E-state index in [1.165, 1.54) is 7.11 Å². The first-order valence-electron chi connectivity index (χ1n) is 5.03. The highest BCUT2D eigenvalue weighted by Crippen LogP contribution is 2.25. The second kappa shape index (κ2) is 7.17. The average molecular weight is 255 g/mol. The molecule has 0 N–H and O–H groups in total. The van der Waals surface area contributed by atoms with Crippen LogP contribution in [0.3, 0.4) is 0 Å².